The summed E-state index contributed by atoms with van der Waals surface area (Å²) in [6.45, 7) is 0.0277. The number of amides is 6. The maximum absolute atomic E-state index is 14.0. The zero-order valence-electron chi connectivity index (χ0n) is 28.7. The van der Waals surface area contributed by atoms with Crippen molar-refractivity contribution in [2.75, 3.05) is 6.54 Å². The molecule has 8 N–H and O–H groups in total. The number of hydrogen-bond donors (Lipinski definition) is 7. The van der Waals surface area contributed by atoms with E-state index < -0.39 is 64.5 Å². The van der Waals surface area contributed by atoms with Crippen LogP contribution < -0.4 is 32.3 Å². The average Bonchev–Trinajstić information content (AvgIpc) is 3.12. The Hall–Kier alpha value is -5.80. The van der Waals surface area contributed by atoms with E-state index in [1.807, 2.05) is 0 Å². The van der Waals surface area contributed by atoms with Crippen molar-refractivity contribution >= 4 is 41.1 Å². The van der Waals surface area contributed by atoms with Crippen molar-refractivity contribution in [1.82, 2.24) is 26.6 Å². The fourth-order valence-corrected chi connectivity index (χ4v) is 6.33. The zero-order chi connectivity index (χ0) is 37.6. The van der Waals surface area contributed by atoms with Gasteiger partial charge in [0.05, 0.1) is 4.92 Å². The van der Waals surface area contributed by atoms with Crippen LogP contribution in [0, 0.1) is 16.0 Å². The van der Waals surface area contributed by atoms with Crippen LogP contribution >= 0.6 is 0 Å². The number of phenolic OH excluding ortho intramolecular Hbond substituents is 1. The number of carbonyl (C=O) groups is 6. The normalized spacial score (nSPS) is 23.7. The van der Waals surface area contributed by atoms with Crippen LogP contribution in [-0.2, 0) is 41.6 Å². The molecule has 1 aliphatic heterocycles. The van der Waals surface area contributed by atoms with Crippen molar-refractivity contribution in [1.29, 1.82) is 0 Å². The van der Waals surface area contributed by atoms with E-state index in [4.69, 9.17) is 5.73 Å². The van der Waals surface area contributed by atoms with E-state index in [1.54, 1.807) is 12.1 Å². The van der Waals surface area contributed by atoms with Crippen molar-refractivity contribution < 1.29 is 38.8 Å². The van der Waals surface area contributed by atoms with Crippen molar-refractivity contribution in [3.8, 4) is 5.75 Å². The summed E-state index contributed by atoms with van der Waals surface area (Å²) in [4.78, 5) is 89.9. The minimum absolute atomic E-state index is 0.00303. The van der Waals surface area contributed by atoms with Crippen LogP contribution in [0.4, 0.5) is 5.69 Å². The highest BCUT2D eigenvalue weighted by atomic mass is 16.6. The third-order valence-corrected chi connectivity index (χ3v) is 9.17. The molecule has 4 rings (SSSR count). The first-order valence-electron chi connectivity index (χ1n) is 17.4. The minimum Gasteiger partial charge on any atom is -0.508 e. The molecule has 16 heteroatoms. The highest BCUT2D eigenvalue weighted by Gasteiger charge is 2.32. The fourth-order valence-electron chi connectivity index (χ4n) is 6.33. The van der Waals surface area contributed by atoms with Gasteiger partial charge in [0, 0.05) is 43.7 Å². The molecule has 0 radical (unpaired) electrons. The Balaban J connectivity index is 1.67. The van der Waals surface area contributed by atoms with Gasteiger partial charge in [-0.1, -0.05) is 56.4 Å². The van der Waals surface area contributed by atoms with Gasteiger partial charge in [0.1, 0.15) is 29.9 Å². The molecule has 52 heavy (non-hydrogen) atoms. The average molecular weight is 720 g/mol. The van der Waals surface area contributed by atoms with Crippen LogP contribution in [-0.4, -0.2) is 76.2 Å². The molecule has 0 saturated heterocycles. The summed E-state index contributed by atoms with van der Waals surface area (Å²) in [5, 5.41) is 34.3. The molecule has 4 atom stereocenters. The van der Waals surface area contributed by atoms with Gasteiger partial charge in [0.2, 0.25) is 35.4 Å². The number of nitrogens with two attached hydrogens (primary N) is 1. The second-order valence-corrected chi connectivity index (χ2v) is 13.2. The number of nitrogens with zero attached hydrogens (tertiary/aromatic N) is 1. The predicted molar refractivity (Wildman–Crippen MR) is 188 cm³/mol. The number of phenols is 1. The van der Waals surface area contributed by atoms with Gasteiger partial charge < -0.3 is 37.4 Å². The van der Waals surface area contributed by atoms with Gasteiger partial charge in [-0.3, -0.25) is 38.9 Å². The highest BCUT2D eigenvalue weighted by Crippen LogP contribution is 2.27. The fraction of sp³-hybridized carbons (Fsp3) is 0.444. The van der Waals surface area contributed by atoms with Crippen molar-refractivity contribution in [2.24, 2.45) is 11.7 Å². The number of nitro benzene ring substituents is 1. The summed E-state index contributed by atoms with van der Waals surface area (Å²) in [5.41, 5.74) is 6.41. The zero-order valence-corrected chi connectivity index (χ0v) is 28.7. The third kappa shape index (κ3) is 12.2. The lowest BCUT2D eigenvalue weighted by atomic mass is 9.84. The topological polar surface area (TPSA) is 252 Å². The molecule has 1 saturated carbocycles. The summed E-state index contributed by atoms with van der Waals surface area (Å²) in [6, 6.07) is 6.88. The Kier molecular flexibility index (Phi) is 14.2. The first-order chi connectivity index (χ1) is 24.9. The van der Waals surface area contributed by atoms with Crippen LogP contribution in [0.2, 0.25) is 0 Å². The maximum atomic E-state index is 14.0. The number of nitro groups is 1. The lowest BCUT2D eigenvalue weighted by molar-refractivity contribution is -0.384. The quantitative estimate of drug-likeness (QED) is 0.151. The van der Waals surface area contributed by atoms with Gasteiger partial charge in [0.15, 0.2) is 0 Å². The smallest absolute Gasteiger partial charge is 0.269 e. The van der Waals surface area contributed by atoms with E-state index in [0.29, 0.717) is 11.1 Å². The molecule has 6 amide bonds. The molecule has 2 aliphatic rings. The summed E-state index contributed by atoms with van der Waals surface area (Å²) >= 11 is 0. The standard InChI is InChI=1S/C36H45N7O9/c37-33(47)27-7-4-18-38-34(48)28(20-23-8-12-25(13-9-23)43(51)52)41-36(50)30(21-24-10-14-26(44)15-11-24)42-35(49)29(19-22-5-2-1-3-6-22)40-32(46)17-16-31(45)39-27/h8-17,22,27-30,44H,1-7,18-21H2,(H2,37,47)(H,38,48)(H,39,45)(H,40,46)(H,41,50)(H,42,49)/b17-16+/t27-,28-,29-,30-/m0/s1. The molecule has 278 valence electrons. The SMILES string of the molecule is NC(=O)[C@@H]1CCCNC(=O)[C@H](Cc2ccc([N+](=O)[O-])cc2)NC(=O)[C@H](Cc2ccc(O)cc2)NC(=O)[C@H](CC2CCCCC2)NC(=O)/C=C/C(=O)N1. The Bertz CT molecular complexity index is 1640. The number of primary amides is 1. The molecule has 16 nitrogen and oxygen atoms in total. The van der Waals surface area contributed by atoms with E-state index in [2.05, 4.69) is 26.6 Å². The van der Waals surface area contributed by atoms with E-state index in [0.717, 1.165) is 44.3 Å². The van der Waals surface area contributed by atoms with Gasteiger partial charge >= 0.3 is 0 Å². The van der Waals surface area contributed by atoms with E-state index >= 15 is 0 Å². The lowest BCUT2D eigenvalue weighted by Crippen LogP contribution is -2.58. The molecule has 2 aromatic carbocycles. The molecule has 1 aliphatic carbocycles. The number of benzene rings is 2. The Morgan fingerprint density at radius 2 is 1.25 bits per heavy atom. The van der Waals surface area contributed by atoms with Gasteiger partial charge in [-0.05, 0) is 48.4 Å². The van der Waals surface area contributed by atoms with Crippen molar-refractivity contribution in [3.63, 3.8) is 0 Å². The first-order valence-corrected chi connectivity index (χ1v) is 17.4. The van der Waals surface area contributed by atoms with Gasteiger partial charge in [-0.25, -0.2) is 0 Å². The third-order valence-electron chi connectivity index (χ3n) is 9.17. The van der Waals surface area contributed by atoms with Crippen LogP contribution in [0.25, 0.3) is 0 Å². The molecular weight excluding hydrogens is 674 g/mol. The van der Waals surface area contributed by atoms with E-state index in [1.165, 1.54) is 36.4 Å². The highest BCUT2D eigenvalue weighted by molar-refractivity contribution is 6.00. The number of non-ortho nitro benzene ring substituents is 1. The minimum atomic E-state index is -1.24. The molecule has 1 fully saturated rings. The molecule has 0 unspecified atom stereocenters. The van der Waals surface area contributed by atoms with E-state index in [9.17, 15) is 44.0 Å². The van der Waals surface area contributed by atoms with Crippen molar-refractivity contribution in [3.05, 3.63) is 81.9 Å². The maximum Gasteiger partial charge on any atom is 0.269 e. The monoisotopic (exact) mass is 719 g/mol. The molecular formula is C36H45N7O9. The van der Waals surface area contributed by atoms with Gasteiger partial charge in [-0.2, -0.15) is 0 Å². The number of aromatic hydroxyl groups is 1. The summed E-state index contributed by atoms with van der Waals surface area (Å²) in [6.07, 6.45) is 7.01. The second kappa shape index (κ2) is 19.0. The van der Waals surface area contributed by atoms with Crippen LogP contribution in [0.1, 0.15) is 62.5 Å². The Labute approximate surface area is 300 Å². The Morgan fingerprint density at radius 3 is 1.83 bits per heavy atom. The number of carbonyl (C=O) groups excluding carboxylic acids is 6. The number of rotatable bonds is 8. The molecule has 1 heterocycles. The molecule has 0 spiro atoms. The van der Waals surface area contributed by atoms with Crippen LogP contribution in [0.15, 0.2) is 60.7 Å². The molecule has 2 aromatic rings. The van der Waals surface area contributed by atoms with E-state index in [-0.39, 0.29) is 56.0 Å². The first kappa shape index (κ1) is 39.0. The molecule has 0 bridgehead atoms. The lowest BCUT2D eigenvalue weighted by Gasteiger charge is -2.28. The van der Waals surface area contributed by atoms with Crippen LogP contribution in [0.5, 0.6) is 5.75 Å². The van der Waals surface area contributed by atoms with Gasteiger partial charge in [-0.15, -0.1) is 0 Å². The number of hydrogen-bond acceptors (Lipinski definition) is 9. The van der Waals surface area contributed by atoms with Crippen LogP contribution in [0.3, 0.4) is 0 Å². The van der Waals surface area contributed by atoms with Crippen molar-refractivity contribution in [2.45, 2.75) is 88.4 Å². The summed E-state index contributed by atoms with van der Waals surface area (Å²) in [5.74, 6) is -4.18. The summed E-state index contributed by atoms with van der Waals surface area (Å²) in [7, 11) is 0. The summed E-state index contributed by atoms with van der Waals surface area (Å²) < 4.78 is 0. The largest absolute Gasteiger partial charge is 0.508 e. The predicted octanol–water partition coefficient (Wildman–Crippen LogP) is 0.947. The second-order valence-electron chi connectivity index (χ2n) is 13.2. The molecule has 0 aromatic heterocycles. The van der Waals surface area contributed by atoms with Gasteiger partial charge in [0.25, 0.3) is 5.69 Å². The number of nitrogens with one attached hydrogen (secondary N) is 5. The Morgan fingerprint density at radius 1 is 0.712 bits per heavy atom.